The Labute approximate surface area is 155 Å². The number of esters is 1. The number of fused-ring (bicyclic) bond motifs is 1. The summed E-state index contributed by atoms with van der Waals surface area (Å²) in [5.41, 5.74) is 0.760. The average molecular weight is 375 g/mol. The number of carbonyl (C=O) groups excluding carboxylic acids is 2. The summed E-state index contributed by atoms with van der Waals surface area (Å²) in [4.78, 5) is 26.7. The largest absolute Gasteiger partial charge is 0.496 e. The van der Waals surface area contributed by atoms with Crippen LogP contribution in [0.5, 0.6) is 5.75 Å². The highest BCUT2D eigenvalue weighted by Gasteiger charge is 2.21. The summed E-state index contributed by atoms with van der Waals surface area (Å²) < 4.78 is 16.6. The van der Waals surface area contributed by atoms with Gasteiger partial charge in [-0.15, -0.1) is 11.3 Å². The van der Waals surface area contributed by atoms with Crippen LogP contribution in [0.4, 0.5) is 0 Å². The lowest BCUT2D eigenvalue weighted by Crippen LogP contribution is -2.40. The Bertz CT molecular complexity index is 836. The lowest BCUT2D eigenvalue weighted by molar-refractivity contribution is -0.137. The van der Waals surface area contributed by atoms with Gasteiger partial charge in [-0.1, -0.05) is 0 Å². The molecule has 138 valence electrons. The molecule has 2 aromatic rings. The molecule has 0 unspecified atom stereocenters. The van der Waals surface area contributed by atoms with Crippen LogP contribution >= 0.6 is 11.3 Å². The number of carbonyl (C=O) groups is 2. The Balaban J connectivity index is 1.89. The summed E-state index contributed by atoms with van der Waals surface area (Å²) in [7, 11) is 1.58. The van der Waals surface area contributed by atoms with Crippen LogP contribution in [0.15, 0.2) is 24.3 Å². The van der Waals surface area contributed by atoms with E-state index in [1.807, 2.05) is 23.1 Å². The van der Waals surface area contributed by atoms with Gasteiger partial charge in [0.1, 0.15) is 5.75 Å². The van der Waals surface area contributed by atoms with Crippen LogP contribution in [0, 0.1) is 0 Å². The van der Waals surface area contributed by atoms with E-state index >= 15 is 0 Å². The summed E-state index contributed by atoms with van der Waals surface area (Å²) in [6, 6.07) is 5.69. The molecule has 1 fully saturated rings. The van der Waals surface area contributed by atoms with Gasteiger partial charge in [-0.3, -0.25) is 4.79 Å². The number of morpholine rings is 1. The van der Waals surface area contributed by atoms with Gasteiger partial charge in [-0.05, 0) is 36.6 Å². The van der Waals surface area contributed by atoms with Gasteiger partial charge in [0.2, 0.25) is 0 Å². The SMILES string of the molecule is CCOC(=O)/C=C/c1cc2cc(C(=O)N3CCOCC3)sc2cc1OC. The number of hydrogen-bond acceptors (Lipinski definition) is 6. The van der Waals surface area contributed by atoms with Gasteiger partial charge in [0.15, 0.2) is 0 Å². The minimum atomic E-state index is -0.400. The van der Waals surface area contributed by atoms with Crippen molar-refractivity contribution in [1.82, 2.24) is 4.90 Å². The van der Waals surface area contributed by atoms with Crippen LogP contribution in [0.1, 0.15) is 22.2 Å². The summed E-state index contributed by atoms with van der Waals surface area (Å²) >= 11 is 1.44. The first-order valence-corrected chi connectivity index (χ1v) is 9.27. The van der Waals surface area contributed by atoms with Gasteiger partial charge >= 0.3 is 5.97 Å². The summed E-state index contributed by atoms with van der Waals surface area (Å²) in [6.45, 7) is 4.47. The maximum Gasteiger partial charge on any atom is 0.330 e. The second kappa shape index (κ2) is 8.33. The zero-order valence-electron chi connectivity index (χ0n) is 14.8. The minimum Gasteiger partial charge on any atom is -0.496 e. The number of rotatable bonds is 5. The highest BCUT2D eigenvalue weighted by molar-refractivity contribution is 7.20. The van der Waals surface area contributed by atoms with Crippen molar-refractivity contribution in [3.63, 3.8) is 0 Å². The van der Waals surface area contributed by atoms with Crippen molar-refractivity contribution >= 4 is 39.4 Å². The Morgan fingerprint density at radius 1 is 1.27 bits per heavy atom. The molecule has 1 amide bonds. The fraction of sp³-hybridized carbons (Fsp3) is 0.368. The van der Waals surface area contributed by atoms with Gasteiger partial charge in [0.25, 0.3) is 5.91 Å². The molecule has 0 spiro atoms. The van der Waals surface area contributed by atoms with E-state index in [9.17, 15) is 9.59 Å². The molecule has 26 heavy (non-hydrogen) atoms. The standard InChI is InChI=1S/C19H21NO5S/c1-3-25-18(21)5-4-13-10-14-11-17(26-16(14)12-15(13)23-2)19(22)20-6-8-24-9-7-20/h4-5,10-12H,3,6-9H2,1-2H3/b5-4+. The van der Waals surface area contributed by atoms with E-state index < -0.39 is 5.97 Å². The van der Waals surface area contributed by atoms with Gasteiger partial charge in [0, 0.05) is 29.4 Å². The van der Waals surface area contributed by atoms with Crippen molar-refractivity contribution in [3.05, 3.63) is 34.7 Å². The molecule has 0 N–H and O–H groups in total. The molecule has 2 heterocycles. The number of ether oxygens (including phenoxy) is 3. The second-order valence-electron chi connectivity index (χ2n) is 5.73. The molecule has 0 radical (unpaired) electrons. The maximum atomic E-state index is 12.7. The third kappa shape index (κ3) is 4.05. The van der Waals surface area contributed by atoms with E-state index in [0.29, 0.717) is 43.5 Å². The lowest BCUT2D eigenvalue weighted by atomic mass is 10.1. The molecular formula is C19H21NO5S. The Hall–Kier alpha value is -2.38. The van der Waals surface area contributed by atoms with Crippen LogP contribution in [0.2, 0.25) is 0 Å². The van der Waals surface area contributed by atoms with Gasteiger partial charge < -0.3 is 19.1 Å². The van der Waals surface area contributed by atoms with E-state index in [-0.39, 0.29) is 5.91 Å². The number of benzene rings is 1. The number of thiophene rings is 1. The zero-order chi connectivity index (χ0) is 18.5. The molecule has 1 aliphatic heterocycles. The first kappa shape index (κ1) is 18.4. The molecule has 7 heteroatoms. The smallest absolute Gasteiger partial charge is 0.330 e. The fourth-order valence-electron chi connectivity index (χ4n) is 2.77. The predicted octanol–water partition coefficient (Wildman–Crippen LogP) is 2.96. The molecule has 1 aliphatic rings. The van der Waals surface area contributed by atoms with E-state index in [2.05, 4.69) is 0 Å². The Morgan fingerprint density at radius 2 is 2.04 bits per heavy atom. The van der Waals surface area contributed by atoms with Gasteiger partial charge in [-0.2, -0.15) is 0 Å². The average Bonchev–Trinajstić information content (AvgIpc) is 3.08. The van der Waals surface area contributed by atoms with Crippen molar-refractivity contribution in [3.8, 4) is 5.75 Å². The fourth-order valence-corrected chi connectivity index (χ4v) is 3.81. The monoisotopic (exact) mass is 375 g/mol. The normalized spacial score (nSPS) is 14.8. The van der Waals surface area contributed by atoms with Crippen LogP contribution in [-0.2, 0) is 14.3 Å². The van der Waals surface area contributed by atoms with E-state index in [0.717, 1.165) is 15.6 Å². The van der Waals surface area contributed by atoms with Crippen molar-refractivity contribution < 1.29 is 23.8 Å². The van der Waals surface area contributed by atoms with Gasteiger partial charge in [-0.25, -0.2) is 4.79 Å². The molecule has 1 aromatic carbocycles. The number of nitrogens with zero attached hydrogens (tertiary/aromatic N) is 1. The van der Waals surface area contributed by atoms with Crippen molar-refractivity contribution in [1.29, 1.82) is 0 Å². The molecule has 1 aromatic heterocycles. The first-order valence-electron chi connectivity index (χ1n) is 8.45. The van der Waals surface area contributed by atoms with Crippen LogP contribution in [0.25, 0.3) is 16.2 Å². The topological polar surface area (TPSA) is 65.1 Å². The Morgan fingerprint density at radius 3 is 2.73 bits per heavy atom. The highest BCUT2D eigenvalue weighted by atomic mass is 32.1. The van der Waals surface area contributed by atoms with Crippen LogP contribution in [0.3, 0.4) is 0 Å². The zero-order valence-corrected chi connectivity index (χ0v) is 15.6. The predicted molar refractivity (Wildman–Crippen MR) is 101 cm³/mol. The van der Waals surface area contributed by atoms with Crippen molar-refractivity contribution in [2.45, 2.75) is 6.92 Å². The van der Waals surface area contributed by atoms with Crippen LogP contribution < -0.4 is 4.74 Å². The summed E-state index contributed by atoms with van der Waals surface area (Å²) in [5.74, 6) is 0.269. The lowest BCUT2D eigenvalue weighted by Gasteiger charge is -2.26. The van der Waals surface area contributed by atoms with Gasteiger partial charge in [0.05, 0.1) is 31.8 Å². The van der Waals surface area contributed by atoms with E-state index in [1.165, 1.54) is 17.4 Å². The quantitative estimate of drug-likeness (QED) is 0.594. The Kier molecular flexibility index (Phi) is 5.90. The highest BCUT2D eigenvalue weighted by Crippen LogP contribution is 2.33. The van der Waals surface area contributed by atoms with Crippen LogP contribution in [-0.4, -0.2) is 56.8 Å². The maximum absolute atomic E-state index is 12.7. The minimum absolute atomic E-state index is 0.0251. The van der Waals surface area contributed by atoms with Crippen molar-refractivity contribution in [2.75, 3.05) is 40.0 Å². The number of amides is 1. The molecule has 0 aliphatic carbocycles. The van der Waals surface area contributed by atoms with E-state index in [4.69, 9.17) is 14.2 Å². The molecular weight excluding hydrogens is 354 g/mol. The first-order chi connectivity index (χ1) is 12.6. The second-order valence-corrected chi connectivity index (χ2v) is 6.82. The van der Waals surface area contributed by atoms with Crippen molar-refractivity contribution in [2.24, 2.45) is 0 Å². The molecule has 3 rings (SSSR count). The third-order valence-electron chi connectivity index (χ3n) is 4.06. The molecule has 1 saturated heterocycles. The number of hydrogen-bond donors (Lipinski definition) is 0. The van der Waals surface area contributed by atoms with E-state index in [1.54, 1.807) is 20.1 Å². The molecule has 0 atom stereocenters. The third-order valence-corrected chi connectivity index (χ3v) is 5.15. The summed E-state index contributed by atoms with van der Waals surface area (Å²) in [5, 5.41) is 0.941. The number of methoxy groups -OCH3 is 1. The summed E-state index contributed by atoms with van der Waals surface area (Å²) in [6.07, 6.45) is 3.04. The molecule has 0 saturated carbocycles. The molecule has 6 nitrogen and oxygen atoms in total. The molecule has 0 bridgehead atoms.